The zero-order valence-electron chi connectivity index (χ0n) is 10.2. The van der Waals surface area contributed by atoms with Gasteiger partial charge < -0.3 is 15.4 Å². The van der Waals surface area contributed by atoms with Gasteiger partial charge >= 0.3 is 12.0 Å². The van der Waals surface area contributed by atoms with Gasteiger partial charge in [0.2, 0.25) is 0 Å². The molecule has 100 valence electrons. The highest BCUT2D eigenvalue weighted by Crippen LogP contribution is 2.13. The maximum atomic E-state index is 13.0. The number of amides is 2. The van der Waals surface area contributed by atoms with Crippen LogP contribution < -0.4 is 10.6 Å². The number of nitriles is 1. The number of hydrogen-bond acceptors (Lipinski definition) is 4. The molecule has 6 nitrogen and oxygen atoms in total. The number of urea groups is 1. The van der Waals surface area contributed by atoms with Crippen molar-refractivity contribution in [3.8, 4) is 6.07 Å². The Bertz CT molecular complexity index is 525. The van der Waals surface area contributed by atoms with Crippen LogP contribution in [-0.4, -0.2) is 25.2 Å². The quantitative estimate of drug-likeness (QED) is 0.804. The SMILES string of the molecule is CCOC(=O)CNC(=O)Nc1ccc(F)c(C#N)c1. The molecule has 1 rings (SSSR count). The molecule has 1 aromatic rings. The Morgan fingerprint density at radius 3 is 2.84 bits per heavy atom. The number of carbonyl (C=O) groups is 2. The summed E-state index contributed by atoms with van der Waals surface area (Å²) in [5.41, 5.74) is 0.0718. The fourth-order valence-electron chi connectivity index (χ4n) is 1.23. The molecule has 0 aromatic heterocycles. The fraction of sp³-hybridized carbons (Fsp3) is 0.250. The highest BCUT2D eigenvalue weighted by molar-refractivity contribution is 5.91. The van der Waals surface area contributed by atoms with E-state index >= 15 is 0 Å². The first-order valence-electron chi connectivity index (χ1n) is 5.47. The molecule has 2 amide bonds. The van der Waals surface area contributed by atoms with Crippen molar-refractivity contribution < 1.29 is 18.7 Å². The van der Waals surface area contributed by atoms with Gasteiger partial charge in [0.05, 0.1) is 12.2 Å². The Morgan fingerprint density at radius 1 is 1.47 bits per heavy atom. The Labute approximate surface area is 109 Å². The molecule has 0 heterocycles. The van der Waals surface area contributed by atoms with E-state index in [0.717, 1.165) is 6.07 Å². The summed E-state index contributed by atoms with van der Waals surface area (Å²) in [5.74, 6) is -1.23. The van der Waals surface area contributed by atoms with Crippen LogP contribution in [0.1, 0.15) is 12.5 Å². The van der Waals surface area contributed by atoms with Gasteiger partial charge in [0, 0.05) is 5.69 Å². The van der Waals surface area contributed by atoms with E-state index in [4.69, 9.17) is 5.26 Å². The molecule has 0 saturated heterocycles. The van der Waals surface area contributed by atoms with Crippen LogP contribution in [0.25, 0.3) is 0 Å². The van der Waals surface area contributed by atoms with E-state index in [2.05, 4.69) is 15.4 Å². The van der Waals surface area contributed by atoms with Crippen molar-refractivity contribution in [1.82, 2.24) is 5.32 Å². The van der Waals surface area contributed by atoms with Crippen LogP contribution >= 0.6 is 0 Å². The summed E-state index contributed by atoms with van der Waals surface area (Å²) < 4.78 is 17.7. The predicted octanol–water partition coefficient (Wildman–Crippen LogP) is 1.38. The minimum atomic E-state index is -0.667. The van der Waals surface area contributed by atoms with Crippen molar-refractivity contribution >= 4 is 17.7 Å². The molecule has 0 aliphatic rings. The predicted molar refractivity (Wildman–Crippen MR) is 64.8 cm³/mol. The molecular formula is C12H12FN3O3. The first-order valence-corrected chi connectivity index (χ1v) is 5.47. The van der Waals surface area contributed by atoms with Crippen molar-refractivity contribution in [2.75, 3.05) is 18.5 Å². The van der Waals surface area contributed by atoms with Gasteiger partial charge in [0.25, 0.3) is 0 Å². The highest BCUT2D eigenvalue weighted by atomic mass is 19.1. The summed E-state index contributed by atoms with van der Waals surface area (Å²) >= 11 is 0. The van der Waals surface area contributed by atoms with Crippen LogP contribution in [0.5, 0.6) is 0 Å². The van der Waals surface area contributed by atoms with Crippen LogP contribution in [0.2, 0.25) is 0 Å². The molecule has 7 heteroatoms. The van der Waals surface area contributed by atoms with Crippen LogP contribution in [0, 0.1) is 17.1 Å². The number of ether oxygens (including phenoxy) is 1. The first kappa shape index (κ1) is 14.4. The van der Waals surface area contributed by atoms with E-state index in [-0.39, 0.29) is 24.4 Å². The maximum Gasteiger partial charge on any atom is 0.325 e. The molecule has 19 heavy (non-hydrogen) atoms. The standard InChI is InChI=1S/C12H12FN3O3/c1-2-19-11(17)7-15-12(18)16-9-3-4-10(13)8(5-9)6-14/h3-5H,2,7H2,1H3,(H2,15,16,18). The van der Waals surface area contributed by atoms with Crippen LogP contribution in [0.15, 0.2) is 18.2 Å². The second-order valence-electron chi connectivity index (χ2n) is 3.42. The van der Waals surface area contributed by atoms with Gasteiger partial charge in [-0.25, -0.2) is 9.18 Å². The van der Waals surface area contributed by atoms with Crippen LogP contribution in [-0.2, 0) is 9.53 Å². The second kappa shape index (κ2) is 6.96. The van der Waals surface area contributed by atoms with Gasteiger partial charge in [-0.2, -0.15) is 5.26 Å². The van der Waals surface area contributed by atoms with E-state index in [1.807, 2.05) is 0 Å². The summed E-state index contributed by atoms with van der Waals surface area (Å²) in [6.45, 7) is 1.61. The molecule has 0 unspecified atom stereocenters. The summed E-state index contributed by atoms with van der Waals surface area (Å²) in [7, 11) is 0. The Kier molecular flexibility index (Phi) is 5.29. The van der Waals surface area contributed by atoms with E-state index in [0.29, 0.717) is 0 Å². The molecule has 0 spiro atoms. The number of esters is 1. The minimum absolute atomic E-state index is 0.178. The lowest BCUT2D eigenvalue weighted by Gasteiger charge is -2.07. The molecule has 2 N–H and O–H groups in total. The van der Waals surface area contributed by atoms with Gasteiger partial charge in [-0.3, -0.25) is 4.79 Å². The number of benzene rings is 1. The van der Waals surface area contributed by atoms with E-state index in [9.17, 15) is 14.0 Å². The van der Waals surface area contributed by atoms with E-state index in [1.165, 1.54) is 12.1 Å². The van der Waals surface area contributed by atoms with Gasteiger partial charge in [0.15, 0.2) is 0 Å². The molecule has 0 atom stereocenters. The van der Waals surface area contributed by atoms with Crippen molar-refractivity contribution in [2.45, 2.75) is 6.92 Å². The molecule has 0 radical (unpaired) electrons. The Hall–Kier alpha value is -2.62. The number of nitrogens with zero attached hydrogens (tertiary/aromatic N) is 1. The van der Waals surface area contributed by atoms with Crippen LogP contribution in [0.4, 0.5) is 14.9 Å². The molecule has 0 aliphatic heterocycles. The molecule has 0 bridgehead atoms. The average molecular weight is 265 g/mol. The Balaban J connectivity index is 2.53. The molecule has 0 saturated carbocycles. The molecule has 0 aliphatic carbocycles. The van der Waals surface area contributed by atoms with E-state index < -0.39 is 17.8 Å². The third kappa shape index (κ3) is 4.63. The fourth-order valence-corrected chi connectivity index (χ4v) is 1.23. The lowest BCUT2D eigenvalue weighted by molar-refractivity contribution is -0.141. The molecule has 1 aromatic carbocycles. The molecular weight excluding hydrogens is 253 g/mol. The maximum absolute atomic E-state index is 13.0. The largest absolute Gasteiger partial charge is 0.465 e. The number of rotatable bonds is 4. The van der Waals surface area contributed by atoms with Gasteiger partial charge in [0.1, 0.15) is 18.4 Å². The minimum Gasteiger partial charge on any atom is -0.465 e. The summed E-state index contributed by atoms with van der Waals surface area (Å²) in [6.07, 6.45) is 0. The highest BCUT2D eigenvalue weighted by Gasteiger charge is 2.08. The first-order chi connectivity index (χ1) is 9.06. The third-order valence-electron chi connectivity index (χ3n) is 2.04. The van der Waals surface area contributed by atoms with Crippen LogP contribution in [0.3, 0.4) is 0 Å². The van der Waals surface area contributed by atoms with E-state index in [1.54, 1.807) is 13.0 Å². The number of nitrogens with one attached hydrogen (secondary N) is 2. The normalized spacial score (nSPS) is 9.32. The van der Waals surface area contributed by atoms with Crippen molar-refractivity contribution in [3.05, 3.63) is 29.6 Å². The smallest absolute Gasteiger partial charge is 0.325 e. The number of anilines is 1. The number of hydrogen-bond donors (Lipinski definition) is 2. The van der Waals surface area contributed by atoms with Gasteiger partial charge in [-0.15, -0.1) is 0 Å². The molecule has 0 fully saturated rings. The van der Waals surface area contributed by atoms with Gasteiger partial charge in [-0.05, 0) is 25.1 Å². The summed E-state index contributed by atoms with van der Waals surface area (Å²) in [5, 5.41) is 13.3. The zero-order chi connectivity index (χ0) is 14.3. The number of carbonyl (C=O) groups excluding carboxylic acids is 2. The number of halogens is 1. The summed E-state index contributed by atoms with van der Waals surface area (Å²) in [6, 6.07) is 4.57. The lowest BCUT2D eigenvalue weighted by Crippen LogP contribution is -2.34. The second-order valence-corrected chi connectivity index (χ2v) is 3.42. The average Bonchev–Trinajstić information content (AvgIpc) is 2.39. The lowest BCUT2D eigenvalue weighted by atomic mass is 10.2. The van der Waals surface area contributed by atoms with Gasteiger partial charge in [-0.1, -0.05) is 0 Å². The topological polar surface area (TPSA) is 91.2 Å². The van der Waals surface area contributed by atoms with Crippen molar-refractivity contribution in [1.29, 1.82) is 5.26 Å². The summed E-state index contributed by atoms with van der Waals surface area (Å²) in [4.78, 5) is 22.4. The van der Waals surface area contributed by atoms with Crippen molar-refractivity contribution in [2.24, 2.45) is 0 Å². The Morgan fingerprint density at radius 2 is 2.21 bits per heavy atom. The monoisotopic (exact) mass is 265 g/mol. The van der Waals surface area contributed by atoms with Crippen molar-refractivity contribution in [3.63, 3.8) is 0 Å². The third-order valence-corrected chi connectivity index (χ3v) is 2.04. The zero-order valence-corrected chi connectivity index (χ0v) is 10.2.